The number of nitrogens with one attached hydrogen (secondary N) is 1. The van der Waals surface area contributed by atoms with Crippen LogP contribution in [0, 0.1) is 11.6 Å². The molecule has 0 aliphatic carbocycles. The summed E-state index contributed by atoms with van der Waals surface area (Å²) in [5.41, 5.74) is 1.12. The predicted octanol–water partition coefficient (Wildman–Crippen LogP) is 4.35. The monoisotopic (exact) mass is 356 g/mol. The van der Waals surface area contributed by atoms with Gasteiger partial charge in [-0.2, -0.15) is 0 Å². The predicted molar refractivity (Wildman–Crippen MR) is 91.2 cm³/mol. The topological polar surface area (TPSA) is 42.0 Å². The highest BCUT2D eigenvalue weighted by Crippen LogP contribution is 2.24. The van der Waals surface area contributed by atoms with Crippen LogP contribution in [0.15, 0.2) is 66.9 Å². The first-order valence-corrected chi connectivity index (χ1v) is 7.90. The maximum absolute atomic E-state index is 14.3. The van der Waals surface area contributed by atoms with Crippen LogP contribution in [0.1, 0.15) is 33.2 Å². The van der Waals surface area contributed by atoms with Crippen LogP contribution in [0.2, 0.25) is 0 Å². The van der Waals surface area contributed by atoms with Crippen LogP contribution >= 0.6 is 0 Å². The van der Waals surface area contributed by atoms with Crippen molar-refractivity contribution < 1.29 is 18.0 Å². The van der Waals surface area contributed by atoms with Gasteiger partial charge in [0, 0.05) is 11.8 Å². The maximum atomic E-state index is 14.3. The fraction of sp³-hybridized carbons (Fsp3) is 0.100. The van der Waals surface area contributed by atoms with Crippen molar-refractivity contribution in [3.8, 4) is 0 Å². The fourth-order valence-electron chi connectivity index (χ4n) is 2.56. The number of aromatic nitrogens is 1. The number of benzene rings is 2. The van der Waals surface area contributed by atoms with Crippen LogP contribution in [0.3, 0.4) is 0 Å². The Balaban J connectivity index is 1.97. The second-order valence-corrected chi connectivity index (χ2v) is 5.66. The molecular weight excluding hydrogens is 341 g/mol. The lowest BCUT2D eigenvalue weighted by Gasteiger charge is -2.19. The van der Waals surface area contributed by atoms with E-state index in [4.69, 9.17) is 0 Å². The van der Waals surface area contributed by atoms with Crippen LogP contribution in [0.4, 0.5) is 13.2 Å². The van der Waals surface area contributed by atoms with Gasteiger partial charge < -0.3 is 5.32 Å². The van der Waals surface area contributed by atoms with E-state index in [9.17, 15) is 18.0 Å². The Morgan fingerprint density at radius 2 is 1.81 bits per heavy atom. The molecule has 0 aliphatic heterocycles. The van der Waals surface area contributed by atoms with Gasteiger partial charge in [-0.3, -0.25) is 9.78 Å². The van der Waals surface area contributed by atoms with Gasteiger partial charge in [0.05, 0.1) is 6.04 Å². The third kappa shape index (κ3) is 3.91. The van der Waals surface area contributed by atoms with Gasteiger partial charge in [-0.25, -0.2) is 13.2 Å². The molecule has 1 atom stereocenters. The van der Waals surface area contributed by atoms with Crippen molar-refractivity contribution in [2.24, 2.45) is 0 Å². The average Bonchev–Trinajstić information content (AvgIpc) is 2.67. The van der Waals surface area contributed by atoms with Crippen molar-refractivity contribution in [3.05, 3.63) is 101 Å². The number of pyridine rings is 1. The van der Waals surface area contributed by atoms with E-state index >= 15 is 0 Å². The molecule has 3 rings (SSSR count). The number of nitrogens with zero attached hydrogens (tertiary/aromatic N) is 1. The normalized spacial score (nSPS) is 11.8. The van der Waals surface area contributed by atoms with E-state index in [-0.39, 0.29) is 11.3 Å². The van der Waals surface area contributed by atoms with Crippen molar-refractivity contribution in [3.63, 3.8) is 0 Å². The molecule has 1 N–H and O–H groups in total. The Hall–Kier alpha value is -3.15. The van der Waals surface area contributed by atoms with E-state index in [0.717, 1.165) is 6.07 Å². The van der Waals surface area contributed by atoms with Crippen molar-refractivity contribution in [1.82, 2.24) is 10.3 Å². The summed E-state index contributed by atoms with van der Waals surface area (Å²) in [6.45, 7) is -0.626. The maximum Gasteiger partial charge on any atom is 0.252 e. The van der Waals surface area contributed by atoms with Gasteiger partial charge in [0.15, 0.2) is 0 Å². The Bertz CT molecular complexity index is 913. The number of halogens is 3. The minimum absolute atomic E-state index is 0.0188. The molecule has 0 aliphatic rings. The molecule has 3 nitrogen and oxygen atoms in total. The molecule has 1 unspecified atom stereocenters. The van der Waals surface area contributed by atoms with Crippen molar-refractivity contribution in [2.75, 3.05) is 0 Å². The van der Waals surface area contributed by atoms with Gasteiger partial charge in [-0.15, -0.1) is 0 Å². The first kappa shape index (κ1) is 17.7. The average molecular weight is 356 g/mol. The minimum Gasteiger partial charge on any atom is -0.339 e. The fourth-order valence-corrected chi connectivity index (χ4v) is 2.56. The molecule has 1 aromatic heterocycles. The SMILES string of the molecule is O=C(NC(c1ccc(CF)cc1)c1ncccc1F)c1cccc(F)c1. The molecule has 26 heavy (non-hydrogen) atoms. The van der Waals surface area contributed by atoms with Gasteiger partial charge in [-0.1, -0.05) is 30.3 Å². The quantitative estimate of drug-likeness (QED) is 0.739. The molecule has 2 aromatic carbocycles. The lowest BCUT2D eigenvalue weighted by atomic mass is 10.0. The van der Waals surface area contributed by atoms with Gasteiger partial charge >= 0.3 is 0 Å². The Labute approximate surface area is 148 Å². The summed E-state index contributed by atoms with van der Waals surface area (Å²) < 4.78 is 40.4. The lowest BCUT2D eigenvalue weighted by Crippen LogP contribution is -2.30. The second-order valence-electron chi connectivity index (χ2n) is 5.66. The zero-order valence-electron chi connectivity index (χ0n) is 13.6. The van der Waals surface area contributed by atoms with Crippen LogP contribution in [-0.4, -0.2) is 10.9 Å². The van der Waals surface area contributed by atoms with Crippen molar-refractivity contribution in [2.45, 2.75) is 12.7 Å². The van der Waals surface area contributed by atoms with Gasteiger partial charge in [-0.05, 0) is 41.5 Å². The molecule has 0 bridgehead atoms. The highest BCUT2D eigenvalue weighted by molar-refractivity contribution is 5.94. The summed E-state index contributed by atoms with van der Waals surface area (Å²) in [7, 11) is 0. The number of carbonyl (C=O) groups excluding carboxylic acids is 1. The van der Waals surface area contributed by atoms with E-state index in [1.165, 1.54) is 36.5 Å². The van der Waals surface area contributed by atoms with E-state index in [2.05, 4.69) is 10.3 Å². The molecule has 0 saturated carbocycles. The molecular formula is C20H15F3N2O. The summed E-state index contributed by atoms with van der Waals surface area (Å²) in [5.74, 6) is -1.72. The van der Waals surface area contributed by atoms with Crippen LogP contribution in [-0.2, 0) is 6.67 Å². The van der Waals surface area contributed by atoms with Crippen molar-refractivity contribution >= 4 is 5.91 Å². The van der Waals surface area contributed by atoms with Crippen LogP contribution in [0.25, 0.3) is 0 Å². The van der Waals surface area contributed by atoms with Crippen LogP contribution in [0.5, 0.6) is 0 Å². The first-order valence-electron chi connectivity index (χ1n) is 7.90. The molecule has 132 valence electrons. The number of hydrogen-bond acceptors (Lipinski definition) is 2. The van der Waals surface area contributed by atoms with Gasteiger partial charge in [0.1, 0.15) is 24.0 Å². The largest absolute Gasteiger partial charge is 0.339 e. The number of alkyl halides is 1. The van der Waals surface area contributed by atoms with Gasteiger partial charge in [0.2, 0.25) is 0 Å². The smallest absolute Gasteiger partial charge is 0.252 e. The zero-order chi connectivity index (χ0) is 18.5. The van der Waals surface area contributed by atoms with E-state index in [1.807, 2.05) is 0 Å². The molecule has 6 heteroatoms. The standard InChI is InChI=1S/C20H15F3N2O/c21-12-13-6-8-14(9-7-13)18(19-17(23)5-2-10-24-19)25-20(26)15-3-1-4-16(22)11-15/h1-11,18H,12H2,(H,25,26). The molecule has 1 heterocycles. The molecule has 3 aromatic rings. The Morgan fingerprint density at radius 1 is 1.04 bits per heavy atom. The highest BCUT2D eigenvalue weighted by atomic mass is 19.1. The number of hydrogen-bond donors (Lipinski definition) is 1. The Morgan fingerprint density at radius 3 is 2.46 bits per heavy atom. The van der Waals surface area contributed by atoms with E-state index in [1.54, 1.807) is 24.3 Å². The molecule has 1 amide bonds. The number of rotatable bonds is 5. The number of amides is 1. The first-order chi connectivity index (χ1) is 12.6. The zero-order valence-corrected chi connectivity index (χ0v) is 13.6. The minimum atomic E-state index is -0.902. The van der Waals surface area contributed by atoms with E-state index < -0.39 is 30.3 Å². The molecule has 0 fully saturated rings. The number of carbonyl (C=O) groups is 1. The third-order valence-corrected chi connectivity index (χ3v) is 3.89. The summed E-state index contributed by atoms with van der Waals surface area (Å²) in [5, 5.41) is 2.67. The van der Waals surface area contributed by atoms with Crippen molar-refractivity contribution in [1.29, 1.82) is 0 Å². The summed E-state index contributed by atoms with van der Waals surface area (Å²) in [4.78, 5) is 16.5. The summed E-state index contributed by atoms with van der Waals surface area (Å²) in [6, 6.07) is 13.3. The Kier molecular flexibility index (Phi) is 5.31. The molecule has 0 saturated heterocycles. The second kappa shape index (κ2) is 7.82. The molecule has 0 radical (unpaired) electrons. The van der Waals surface area contributed by atoms with Crippen LogP contribution < -0.4 is 5.32 Å². The van der Waals surface area contributed by atoms with E-state index in [0.29, 0.717) is 11.1 Å². The highest BCUT2D eigenvalue weighted by Gasteiger charge is 2.22. The third-order valence-electron chi connectivity index (χ3n) is 3.89. The lowest BCUT2D eigenvalue weighted by molar-refractivity contribution is 0.0941. The van der Waals surface area contributed by atoms with Gasteiger partial charge in [0.25, 0.3) is 5.91 Å². The summed E-state index contributed by atoms with van der Waals surface area (Å²) in [6.07, 6.45) is 1.41. The summed E-state index contributed by atoms with van der Waals surface area (Å²) >= 11 is 0. The molecule has 0 spiro atoms.